The predicted molar refractivity (Wildman–Crippen MR) is 93.3 cm³/mol. The van der Waals surface area contributed by atoms with Crippen LogP contribution >= 0.6 is 11.3 Å². The van der Waals surface area contributed by atoms with E-state index in [9.17, 15) is 9.59 Å². The zero-order valence-corrected chi connectivity index (χ0v) is 13.8. The summed E-state index contributed by atoms with van der Waals surface area (Å²) in [5, 5.41) is 6.15. The van der Waals surface area contributed by atoms with E-state index >= 15 is 0 Å². The molecule has 0 radical (unpaired) electrons. The topological polar surface area (TPSA) is 84.2 Å². The minimum Gasteiger partial charge on any atom is -0.365 e. The van der Waals surface area contributed by atoms with Crippen molar-refractivity contribution in [3.05, 3.63) is 45.8 Å². The van der Waals surface area contributed by atoms with Gasteiger partial charge in [-0.25, -0.2) is 4.79 Å². The highest BCUT2D eigenvalue weighted by Crippen LogP contribution is 2.37. The second-order valence-corrected chi connectivity index (χ2v) is 6.78. The molecule has 1 aliphatic rings. The number of fused-ring (bicyclic) bond motifs is 1. The van der Waals surface area contributed by atoms with Crippen LogP contribution in [0, 0.1) is 6.92 Å². The maximum atomic E-state index is 12.3. The molecule has 0 unspecified atom stereocenters. The number of hydrogen-bond acceptors (Lipinski definition) is 3. The lowest BCUT2D eigenvalue weighted by atomic mass is 9.95. The fraction of sp³-hybridized carbons (Fsp3) is 0.294. The van der Waals surface area contributed by atoms with Crippen LogP contribution in [0.15, 0.2) is 24.3 Å². The molecule has 0 saturated heterocycles. The molecule has 120 valence electrons. The van der Waals surface area contributed by atoms with Gasteiger partial charge < -0.3 is 11.1 Å². The van der Waals surface area contributed by atoms with Crippen molar-refractivity contribution < 1.29 is 9.59 Å². The molecule has 0 spiro atoms. The molecular formula is C17H19N3O2S. The molecule has 1 aromatic heterocycles. The van der Waals surface area contributed by atoms with Gasteiger partial charge in [0.05, 0.1) is 5.56 Å². The third-order valence-corrected chi connectivity index (χ3v) is 5.25. The number of carbonyl (C=O) groups is 2. The second kappa shape index (κ2) is 6.42. The SMILES string of the molecule is Cc1ccccc1NC(=O)Nc1sc2c(c1C(N)=O)CCCC2. The molecule has 4 N–H and O–H groups in total. The van der Waals surface area contributed by atoms with Gasteiger partial charge in [0.1, 0.15) is 5.00 Å². The summed E-state index contributed by atoms with van der Waals surface area (Å²) < 4.78 is 0. The molecule has 0 bridgehead atoms. The van der Waals surface area contributed by atoms with Gasteiger partial charge in [0, 0.05) is 10.6 Å². The lowest BCUT2D eigenvalue weighted by molar-refractivity contribution is 0.100. The number of nitrogens with two attached hydrogens (primary N) is 1. The van der Waals surface area contributed by atoms with Crippen LogP contribution in [-0.2, 0) is 12.8 Å². The van der Waals surface area contributed by atoms with Gasteiger partial charge in [-0.3, -0.25) is 10.1 Å². The van der Waals surface area contributed by atoms with E-state index < -0.39 is 5.91 Å². The Morgan fingerprint density at radius 3 is 2.61 bits per heavy atom. The van der Waals surface area contributed by atoms with E-state index in [1.807, 2.05) is 31.2 Å². The second-order valence-electron chi connectivity index (χ2n) is 5.67. The van der Waals surface area contributed by atoms with Gasteiger partial charge in [-0.2, -0.15) is 0 Å². The maximum absolute atomic E-state index is 12.3. The summed E-state index contributed by atoms with van der Waals surface area (Å²) in [6.07, 6.45) is 3.96. The summed E-state index contributed by atoms with van der Waals surface area (Å²) in [5.74, 6) is -0.476. The molecule has 1 aliphatic carbocycles. The van der Waals surface area contributed by atoms with Crippen LogP contribution in [0.3, 0.4) is 0 Å². The monoisotopic (exact) mass is 329 g/mol. The summed E-state index contributed by atoms with van der Waals surface area (Å²) >= 11 is 1.46. The summed E-state index contributed by atoms with van der Waals surface area (Å²) in [6.45, 7) is 1.92. The third-order valence-electron chi connectivity index (χ3n) is 4.04. The summed E-state index contributed by atoms with van der Waals surface area (Å²) in [7, 11) is 0. The van der Waals surface area contributed by atoms with Crippen molar-refractivity contribution in [3.63, 3.8) is 0 Å². The molecule has 0 aliphatic heterocycles. The van der Waals surface area contributed by atoms with Crippen LogP contribution in [0.5, 0.6) is 0 Å². The van der Waals surface area contributed by atoms with Gasteiger partial charge in [0.25, 0.3) is 5.91 Å². The largest absolute Gasteiger partial charge is 0.365 e. The van der Waals surface area contributed by atoms with E-state index in [4.69, 9.17) is 5.73 Å². The first-order valence-electron chi connectivity index (χ1n) is 7.64. The molecule has 23 heavy (non-hydrogen) atoms. The maximum Gasteiger partial charge on any atom is 0.324 e. The molecule has 0 saturated carbocycles. The van der Waals surface area contributed by atoms with Gasteiger partial charge >= 0.3 is 6.03 Å². The number of benzene rings is 1. The summed E-state index contributed by atoms with van der Waals surface area (Å²) in [4.78, 5) is 25.2. The first-order chi connectivity index (χ1) is 11.1. The zero-order chi connectivity index (χ0) is 16.4. The molecule has 0 fully saturated rings. The molecule has 0 atom stereocenters. The van der Waals surface area contributed by atoms with Gasteiger partial charge in [0.15, 0.2) is 0 Å². The Morgan fingerprint density at radius 2 is 1.87 bits per heavy atom. The smallest absolute Gasteiger partial charge is 0.324 e. The Balaban J connectivity index is 1.82. The van der Waals surface area contributed by atoms with Gasteiger partial charge in [-0.1, -0.05) is 18.2 Å². The van der Waals surface area contributed by atoms with E-state index in [0.717, 1.165) is 47.4 Å². The highest BCUT2D eigenvalue weighted by Gasteiger charge is 2.24. The van der Waals surface area contributed by atoms with Gasteiger partial charge in [-0.05, 0) is 49.8 Å². The third kappa shape index (κ3) is 3.22. The number of amides is 3. The number of hydrogen-bond donors (Lipinski definition) is 3. The number of primary amides is 1. The first kappa shape index (κ1) is 15.6. The van der Waals surface area contributed by atoms with Crippen LogP contribution in [-0.4, -0.2) is 11.9 Å². The predicted octanol–water partition coefficient (Wildman–Crippen LogP) is 3.68. The normalized spacial score (nSPS) is 13.3. The van der Waals surface area contributed by atoms with E-state index in [1.54, 1.807) is 0 Å². The fourth-order valence-corrected chi connectivity index (χ4v) is 4.17. The van der Waals surface area contributed by atoms with Crippen molar-refractivity contribution >= 4 is 34.0 Å². The Morgan fingerprint density at radius 1 is 1.13 bits per heavy atom. The number of nitrogens with one attached hydrogen (secondary N) is 2. The van der Waals surface area contributed by atoms with Gasteiger partial charge in [-0.15, -0.1) is 11.3 Å². The van der Waals surface area contributed by atoms with Crippen molar-refractivity contribution in [2.45, 2.75) is 32.6 Å². The van der Waals surface area contributed by atoms with Crippen LogP contribution in [0.4, 0.5) is 15.5 Å². The quantitative estimate of drug-likeness (QED) is 0.802. The van der Waals surface area contributed by atoms with E-state index in [1.165, 1.54) is 11.3 Å². The van der Waals surface area contributed by atoms with Crippen LogP contribution in [0.25, 0.3) is 0 Å². The Kier molecular flexibility index (Phi) is 4.34. The number of anilines is 2. The van der Waals surface area contributed by atoms with Crippen molar-refractivity contribution in [1.29, 1.82) is 0 Å². The first-order valence-corrected chi connectivity index (χ1v) is 8.46. The molecule has 3 rings (SSSR count). The van der Waals surface area contributed by atoms with Crippen LogP contribution < -0.4 is 16.4 Å². The molecule has 2 aromatic rings. The van der Waals surface area contributed by atoms with E-state index in [-0.39, 0.29) is 6.03 Å². The average molecular weight is 329 g/mol. The number of carbonyl (C=O) groups excluding carboxylic acids is 2. The van der Waals surface area contributed by atoms with Crippen molar-refractivity contribution in [2.24, 2.45) is 5.73 Å². The number of para-hydroxylation sites is 1. The van der Waals surface area contributed by atoms with E-state index in [0.29, 0.717) is 10.6 Å². The van der Waals surface area contributed by atoms with E-state index in [2.05, 4.69) is 10.6 Å². The van der Waals surface area contributed by atoms with Crippen molar-refractivity contribution in [2.75, 3.05) is 10.6 Å². The average Bonchev–Trinajstić information content (AvgIpc) is 2.87. The van der Waals surface area contributed by atoms with Crippen molar-refractivity contribution in [3.8, 4) is 0 Å². The molecule has 5 nitrogen and oxygen atoms in total. The lowest BCUT2D eigenvalue weighted by Gasteiger charge is -2.11. The number of aryl methyl sites for hydroxylation is 2. The Hall–Kier alpha value is -2.34. The summed E-state index contributed by atoms with van der Waals surface area (Å²) in [6, 6.07) is 7.18. The molecule has 1 aromatic carbocycles. The van der Waals surface area contributed by atoms with Gasteiger partial charge in [0.2, 0.25) is 0 Å². The number of thiophene rings is 1. The Labute approximate surface area is 138 Å². The zero-order valence-electron chi connectivity index (χ0n) is 12.9. The highest BCUT2D eigenvalue weighted by molar-refractivity contribution is 7.17. The molecule has 1 heterocycles. The number of rotatable bonds is 3. The fourth-order valence-electron chi connectivity index (χ4n) is 2.88. The molecular weight excluding hydrogens is 310 g/mol. The van der Waals surface area contributed by atoms with Crippen molar-refractivity contribution in [1.82, 2.24) is 0 Å². The standard InChI is InChI=1S/C17H19N3O2S/c1-10-6-2-4-8-12(10)19-17(22)20-16-14(15(18)21)11-7-3-5-9-13(11)23-16/h2,4,6,8H,3,5,7,9H2,1H3,(H2,18,21)(H2,19,20,22). The minimum atomic E-state index is -0.476. The number of urea groups is 1. The molecule has 6 heteroatoms. The van der Waals surface area contributed by atoms with Crippen LogP contribution in [0.2, 0.25) is 0 Å². The van der Waals surface area contributed by atoms with Crippen LogP contribution in [0.1, 0.15) is 39.2 Å². The minimum absolute atomic E-state index is 0.361. The highest BCUT2D eigenvalue weighted by atomic mass is 32.1. The lowest BCUT2D eigenvalue weighted by Crippen LogP contribution is -2.22. The Bertz CT molecular complexity index is 767. The summed E-state index contributed by atoms with van der Waals surface area (Å²) in [5.41, 5.74) is 8.74. The molecule has 3 amide bonds.